The molecule has 0 radical (unpaired) electrons. The Kier molecular flexibility index (Phi) is 9.15. The van der Waals surface area contributed by atoms with Crippen molar-refractivity contribution in [3.05, 3.63) is 0 Å². The van der Waals surface area contributed by atoms with Gasteiger partial charge in [-0.1, -0.05) is 0 Å². The van der Waals surface area contributed by atoms with Crippen molar-refractivity contribution in [2.45, 2.75) is 0 Å². The molecule has 0 aromatic heterocycles. The number of rotatable bonds is 0. The summed E-state index contributed by atoms with van der Waals surface area (Å²) in [7, 11) is -3.37. The second kappa shape index (κ2) is 4.91. The maximum absolute atomic E-state index is 8.48. The first-order valence-corrected chi connectivity index (χ1v) is 1.64. The van der Waals surface area contributed by atoms with Crippen LogP contribution in [-0.2, 0) is 11.0 Å². The fraction of sp³-hybridized carbons (Fsp3) is 0. The molecule has 0 unspecified atom stereocenters. The SMILES string of the molecule is O=[SH](=O)[O-].[Na+]. The van der Waals surface area contributed by atoms with E-state index < -0.39 is 11.0 Å². The molecule has 0 heterocycles. The fourth-order valence-electron chi connectivity index (χ4n) is 0. The molecule has 0 saturated heterocycles. The van der Waals surface area contributed by atoms with Crippen molar-refractivity contribution in [1.29, 1.82) is 0 Å². The summed E-state index contributed by atoms with van der Waals surface area (Å²) in [6, 6.07) is 0. The van der Waals surface area contributed by atoms with Crippen molar-refractivity contribution < 1.29 is 42.5 Å². The van der Waals surface area contributed by atoms with E-state index >= 15 is 0 Å². The van der Waals surface area contributed by atoms with Crippen molar-refractivity contribution in [3.63, 3.8) is 0 Å². The van der Waals surface area contributed by atoms with Crippen LogP contribution in [0.2, 0.25) is 0 Å². The van der Waals surface area contributed by atoms with Crippen LogP contribution in [0.25, 0.3) is 0 Å². The molecule has 3 nitrogen and oxygen atoms in total. The quantitative estimate of drug-likeness (QED) is 0.192. The zero-order chi connectivity index (χ0) is 3.58. The van der Waals surface area contributed by atoms with E-state index in [4.69, 9.17) is 13.0 Å². The second-order valence-electron chi connectivity index (χ2n) is 0.224. The van der Waals surface area contributed by atoms with E-state index in [0.717, 1.165) is 0 Å². The molecule has 0 bridgehead atoms. The Hall–Kier alpha value is 0.910. The normalized spacial score (nSPS) is 6.80. The van der Waals surface area contributed by atoms with Crippen LogP contribution >= 0.6 is 0 Å². The van der Waals surface area contributed by atoms with Crippen molar-refractivity contribution in [2.75, 3.05) is 0 Å². The van der Waals surface area contributed by atoms with Crippen molar-refractivity contribution >= 4 is 11.0 Å². The van der Waals surface area contributed by atoms with E-state index in [9.17, 15) is 0 Å². The van der Waals surface area contributed by atoms with Gasteiger partial charge in [0, 0.05) is 0 Å². The van der Waals surface area contributed by atoms with Crippen LogP contribution in [0.3, 0.4) is 0 Å². The Bertz CT molecular complexity index is 55.3. The zero-order valence-electron chi connectivity index (χ0n) is 2.67. The smallest absolute Gasteiger partial charge is 0.750 e. The molecule has 0 saturated carbocycles. The summed E-state index contributed by atoms with van der Waals surface area (Å²) in [5, 5.41) is 0. The Morgan fingerprint density at radius 1 is 1.40 bits per heavy atom. The van der Waals surface area contributed by atoms with E-state index in [1.807, 2.05) is 0 Å². The monoisotopic (exact) mass is 104 g/mol. The van der Waals surface area contributed by atoms with E-state index in [-0.39, 0.29) is 29.6 Å². The van der Waals surface area contributed by atoms with Crippen LogP contribution in [0, 0.1) is 0 Å². The first-order valence-electron chi connectivity index (χ1n) is 0.548. The molecule has 0 atom stereocenters. The average Bonchev–Trinajstić information content (AvgIpc) is 0.811. The van der Waals surface area contributed by atoms with Gasteiger partial charge in [-0.2, -0.15) is 0 Å². The van der Waals surface area contributed by atoms with Crippen LogP contribution in [-0.4, -0.2) is 13.0 Å². The van der Waals surface area contributed by atoms with Gasteiger partial charge in [0.25, 0.3) is 0 Å². The molecule has 0 aromatic carbocycles. The summed E-state index contributed by atoms with van der Waals surface area (Å²) < 4.78 is 25.4. The van der Waals surface area contributed by atoms with Gasteiger partial charge in [-0.15, -0.1) is 0 Å². The summed E-state index contributed by atoms with van der Waals surface area (Å²) >= 11 is 0. The van der Waals surface area contributed by atoms with Gasteiger partial charge >= 0.3 is 29.6 Å². The van der Waals surface area contributed by atoms with Crippen LogP contribution in [0.1, 0.15) is 0 Å². The Labute approximate surface area is 53.4 Å². The molecule has 0 rings (SSSR count). The van der Waals surface area contributed by atoms with Gasteiger partial charge in [-0.25, -0.2) is 8.42 Å². The third kappa shape index (κ3) is 50.2. The molecule has 0 aliphatic carbocycles. The molecular formula is HNaO3S. The van der Waals surface area contributed by atoms with E-state index in [1.54, 1.807) is 0 Å². The summed E-state index contributed by atoms with van der Waals surface area (Å²) in [5.41, 5.74) is 0. The van der Waals surface area contributed by atoms with Gasteiger partial charge in [-0.05, 0) is 0 Å². The molecule has 0 aliphatic rings. The minimum atomic E-state index is -3.37. The van der Waals surface area contributed by atoms with Crippen LogP contribution in [0.4, 0.5) is 0 Å². The molecule has 0 fully saturated rings. The van der Waals surface area contributed by atoms with Crippen LogP contribution in [0.15, 0.2) is 0 Å². The van der Waals surface area contributed by atoms with Gasteiger partial charge in [0.2, 0.25) is 0 Å². The minimum absolute atomic E-state index is 0. The summed E-state index contributed by atoms with van der Waals surface area (Å²) in [6.07, 6.45) is 0. The maximum atomic E-state index is 8.48. The summed E-state index contributed by atoms with van der Waals surface area (Å²) in [4.78, 5) is 0. The topological polar surface area (TPSA) is 57.2 Å². The predicted octanol–water partition coefficient (Wildman–Crippen LogP) is -4.27. The standard InChI is InChI=1S/Na.H2O3S/c;1-4(2)3/h;4H,(H,1,2,3)/q+1;/p-1. The van der Waals surface area contributed by atoms with Gasteiger partial charge < -0.3 is 4.55 Å². The number of hydrogen-bond donors (Lipinski definition) is 1. The van der Waals surface area contributed by atoms with E-state index in [2.05, 4.69) is 0 Å². The molecule has 0 spiro atoms. The first kappa shape index (κ1) is 9.32. The maximum Gasteiger partial charge on any atom is 1.00 e. The number of thiol groups is 1. The van der Waals surface area contributed by atoms with Crippen molar-refractivity contribution in [2.24, 2.45) is 0 Å². The predicted molar refractivity (Wildman–Crippen MR) is 11.1 cm³/mol. The molecule has 5 heteroatoms. The van der Waals surface area contributed by atoms with Gasteiger partial charge in [0.15, 0.2) is 0 Å². The van der Waals surface area contributed by atoms with Crippen molar-refractivity contribution in [3.8, 4) is 0 Å². The van der Waals surface area contributed by atoms with Crippen LogP contribution < -0.4 is 29.6 Å². The number of hydrogen-bond acceptors (Lipinski definition) is 3. The molecule has 0 aromatic rings. The zero-order valence-corrected chi connectivity index (χ0v) is 5.57. The van der Waals surface area contributed by atoms with Gasteiger partial charge in [0.05, 0.1) is 11.0 Å². The Balaban J connectivity index is 0. The minimum Gasteiger partial charge on any atom is -0.750 e. The molecule has 26 valence electrons. The fourth-order valence-corrected chi connectivity index (χ4v) is 0. The van der Waals surface area contributed by atoms with E-state index in [0.29, 0.717) is 0 Å². The Morgan fingerprint density at radius 2 is 1.40 bits per heavy atom. The molecule has 0 amide bonds. The van der Waals surface area contributed by atoms with Gasteiger partial charge in [0.1, 0.15) is 0 Å². The summed E-state index contributed by atoms with van der Waals surface area (Å²) in [6.45, 7) is 0. The largest absolute Gasteiger partial charge is 1.00 e. The van der Waals surface area contributed by atoms with E-state index in [1.165, 1.54) is 0 Å². The summed E-state index contributed by atoms with van der Waals surface area (Å²) in [5.74, 6) is 0. The van der Waals surface area contributed by atoms with Crippen LogP contribution in [0.5, 0.6) is 0 Å². The average molecular weight is 104 g/mol. The molecule has 0 aliphatic heterocycles. The third-order valence-corrected chi connectivity index (χ3v) is 0. The molecular weight excluding hydrogens is 103 g/mol. The van der Waals surface area contributed by atoms with Crippen molar-refractivity contribution in [1.82, 2.24) is 0 Å². The second-order valence-corrected chi connectivity index (χ2v) is 0.671. The molecule has 0 N–H and O–H groups in total. The first-order chi connectivity index (χ1) is 1.73. The molecule has 5 heavy (non-hydrogen) atoms. The van der Waals surface area contributed by atoms with Gasteiger partial charge in [-0.3, -0.25) is 0 Å². The third-order valence-electron chi connectivity index (χ3n) is 0. The Morgan fingerprint density at radius 3 is 1.40 bits per heavy atom.